The Morgan fingerprint density at radius 3 is 2.50 bits per heavy atom. The van der Waals surface area contributed by atoms with Gasteiger partial charge in [-0.15, -0.1) is 0 Å². The molecule has 0 spiro atoms. The molecule has 2 rings (SSSR count). The first-order valence-electron chi connectivity index (χ1n) is 4.79. The van der Waals surface area contributed by atoms with E-state index in [-0.39, 0.29) is 18.1 Å². The summed E-state index contributed by atoms with van der Waals surface area (Å²) in [6.45, 7) is -0.244. The first kappa shape index (κ1) is 10.3. The van der Waals surface area contributed by atoms with Gasteiger partial charge in [-0.2, -0.15) is 0 Å². The number of hydrogen-bond acceptors (Lipinski definition) is 3. The highest BCUT2D eigenvalue weighted by molar-refractivity contribution is 5.86. The predicted octanol–water partition coefficient (Wildman–Crippen LogP) is 1.41. The average Bonchev–Trinajstić information content (AvgIpc) is 2.26. The van der Waals surface area contributed by atoms with E-state index in [2.05, 4.69) is 0 Å². The van der Waals surface area contributed by atoms with Crippen LogP contribution >= 0.6 is 0 Å². The molecule has 4 nitrogen and oxygen atoms in total. The molecule has 4 heteroatoms. The molecule has 0 atom stereocenters. The van der Waals surface area contributed by atoms with Gasteiger partial charge in [-0.05, 0) is 22.9 Å². The first-order chi connectivity index (χ1) is 7.66. The number of aromatic hydroxyl groups is 1. The van der Waals surface area contributed by atoms with Crippen molar-refractivity contribution >= 4 is 16.7 Å². The summed E-state index contributed by atoms with van der Waals surface area (Å²) in [7, 11) is 0. The molecule has 0 aliphatic heterocycles. The highest BCUT2D eigenvalue weighted by Crippen LogP contribution is 2.31. The fourth-order valence-corrected chi connectivity index (χ4v) is 1.47. The average molecular weight is 217 g/mol. The van der Waals surface area contributed by atoms with Crippen LogP contribution in [0.25, 0.3) is 10.8 Å². The molecule has 0 saturated carbocycles. The lowest BCUT2D eigenvalue weighted by atomic mass is 10.1. The lowest BCUT2D eigenvalue weighted by Gasteiger charge is -2.07. The number of amides is 1. The molecule has 0 unspecified atom stereocenters. The number of phenolic OH excluding ortho intramolecular Hbond substituents is 1. The standard InChI is InChI=1S/C12H11NO3/c13-12(15)7-16-11-6-9-4-2-1-3-8(9)5-10(11)14/h1-6,14H,7H2,(H2,13,15). The van der Waals surface area contributed by atoms with Crippen LogP contribution in [0.2, 0.25) is 0 Å². The molecule has 2 aromatic carbocycles. The lowest BCUT2D eigenvalue weighted by Crippen LogP contribution is -2.20. The third kappa shape index (κ3) is 2.06. The Morgan fingerprint density at radius 2 is 1.88 bits per heavy atom. The molecular formula is C12H11NO3. The van der Waals surface area contributed by atoms with Gasteiger partial charge in [0, 0.05) is 0 Å². The van der Waals surface area contributed by atoms with Gasteiger partial charge in [-0.1, -0.05) is 24.3 Å². The van der Waals surface area contributed by atoms with Crippen LogP contribution in [0.4, 0.5) is 0 Å². The summed E-state index contributed by atoms with van der Waals surface area (Å²) in [5.74, 6) is -0.315. The van der Waals surface area contributed by atoms with Gasteiger partial charge in [-0.3, -0.25) is 4.79 Å². The number of benzene rings is 2. The zero-order valence-corrected chi connectivity index (χ0v) is 8.51. The van der Waals surface area contributed by atoms with E-state index in [0.717, 1.165) is 10.8 Å². The van der Waals surface area contributed by atoms with E-state index in [9.17, 15) is 9.90 Å². The highest BCUT2D eigenvalue weighted by Gasteiger charge is 2.05. The molecule has 2 aromatic rings. The minimum absolute atomic E-state index is 0.0000463. The van der Waals surface area contributed by atoms with E-state index in [1.807, 2.05) is 24.3 Å². The quantitative estimate of drug-likeness (QED) is 0.816. The second-order valence-electron chi connectivity index (χ2n) is 3.42. The maximum Gasteiger partial charge on any atom is 0.255 e. The molecule has 0 aromatic heterocycles. The Kier molecular flexibility index (Phi) is 2.64. The maximum absolute atomic E-state index is 10.6. The number of nitrogens with two attached hydrogens (primary N) is 1. The molecule has 3 N–H and O–H groups in total. The Morgan fingerprint density at radius 1 is 1.25 bits per heavy atom. The van der Waals surface area contributed by atoms with Crippen molar-refractivity contribution < 1.29 is 14.6 Å². The van der Waals surface area contributed by atoms with E-state index >= 15 is 0 Å². The van der Waals surface area contributed by atoms with Crippen LogP contribution in [0.15, 0.2) is 36.4 Å². The SMILES string of the molecule is NC(=O)COc1cc2ccccc2cc1O. The molecule has 0 heterocycles. The molecule has 0 aliphatic rings. The summed E-state index contributed by atoms with van der Waals surface area (Å²) in [6.07, 6.45) is 0. The fourth-order valence-electron chi connectivity index (χ4n) is 1.47. The van der Waals surface area contributed by atoms with E-state index in [4.69, 9.17) is 10.5 Å². The fraction of sp³-hybridized carbons (Fsp3) is 0.0833. The largest absolute Gasteiger partial charge is 0.504 e. The molecule has 0 radical (unpaired) electrons. The van der Waals surface area contributed by atoms with Crippen LogP contribution < -0.4 is 10.5 Å². The van der Waals surface area contributed by atoms with Crippen molar-refractivity contribution in [3.8, 4) is 11.5 Å². The van der Waals surface area contributed by atoms with Crippen molar-refractivity contribution in [1.82, 2.24) is 0 Å². The van der Waals surface area contributed by atoms with Gasteiger partial charge < -0.3 is 15.6 Å². The van der Waals surface area contributed by atoms with Gasteiger partial charge in [0.15, 0.2) is 18.1 Å². The number of fused-ring (bicyclic) bond motifs is 1. The summed E-state index contributed by atoms with van der Waals surface area (Å²) in [4.78, 5) is 10.6. The van der Waals surface area contributed by atoms with Gasteiger partial charge in [-0.25, -0.2) is 0 Å². The molecule has 0 bridgehead atoms. The molecule has 0 aliphatic carbocycles. The third-order valence-corrected chi connectivity index (χ3v) is 2.20. The molecule has 82 valence electrons. The van der Waals surface area contributed by atoms with Gasteiger partial charge in [0.1, 0.15) is 0 Å². The maximum atomic E-state index is 10.6. The van der Waals surface area contributed by atoms with E-state index in [1.54, 1.807) is 12.1 Å². The number of hydrogen-bond donors (Lipinski definition) is 2. The van der Waals surface area contributed by atoms with Gasteiger partial charge in [0.25, 0.3) is 5.91 Å². The summed E-state index contributed by atoms with van der Waals surface area (Å²) in [6, 6.07) is 10.8. The lowest BCUT2D eigenvalue weighted by molar-refractivity contribution is -0.119. The van der Waals surface area contributed by atoms with E-state index in [0.29, 0.717) is 0 Å². The van der Waals surface area contributed by atoms with Crippen LogP contribution in [-0.4, -0.2) is 17.6 Å². The van der Waals surface area contributed by atoms with Crippen LogP contribution in [0.1, 0.15) is 0 Å². The number of primary amides is 1. The molecule has 1 amide bonds. The van der Waals surface area contributed by atoms with Crippen molar-refractivity contribution in [2.24, 2.45) is 5.73 Å². The van der Waals surface area contributed by atoms with Crippen LogP contribution in [0, 0.1) is 0 Å². The van der Waals surface area contributed by atoms with Gasteiger partial charge >= 0.3 is 0 Å². The predicted molar refractivity (Wildman–Crippen MR) is 60.3 cm³/mol. The van der Waals surface area contributed by atoms with Crippen molar-refractivity contribution in [1.29, 1.82) is 0 Å². The molecule has 16 heavy (non-hydrogen) atoms. The Bertz CT molecular complexity index is 537. The normalized spacial score (nSPS) is 10.2. The van der Waals surface area contributed by atoms with Crippen molar-refractivity contribution in [3.05, 3.63) is 36.4 Å². The van der Waals surface area contributed by atoms with Gasteiger partial charge in [0.2, 0.25) is 0 Å². The number of carbonyl (C=O) groups excluding carboxylic acids is 1. The number of carbonyl (C=O) groups is 1. The van der Waals surface area contributed by atoms with Crippen molar-refractivity contribution in [2.45, 2.75) is 0 Å². The number of ether oxygens (including phenoxy) is 1. The van der Waals surface area contributed by atoms with Gasteiger partial charge in [0.05, 0.1) is 0 Å². The zero-order chi connectivity index (χ0) is 11.5. The van der Waals surface area contributed by atoms with Crippen molar-refractivity contribution in [2.75, 3.05) is 6.61 Å². The zero-order valence-electron chi connectivity index (χ0n) is 8.51. The highest BCUT2D eigenvalue weighted by atomic mass is 16.5. The van der Waals surface area contributed by atoms with Crippen LogP contribution in [0.5, 0.6) is 11.5 Å². The summed E-state index contributed by atoms with van der Waals surface area (Å²) in [5.41, 5.74) is 4.96. The number of rotatable bonds is 3. The topological polar surface area (TPSA) is 72.6 Å². The monoisotopic (exact) mass is 217 g/mol. The smallest absolute Gasteiger partial charge is 0.255 e. The van der Waals surface area contributed by atoms with E-state index in [1.165, 1.54) is 0 Å². The summed E-state index contributed by atoms with van der Waals surface area (Å²) in [5, 5.41) is 11.5. The first-order valence-corrected chi connectivity index (χ1v) is 4.79. The third-order valence-electron chi connectivity index (χ3n) is 2.20. The molecule has 0 fully saturated rings. The number of phenols is 1. The Labute approximate surface area is 92.3 Å². The second kappa shape index (κ2) is 4.10. The molecular weight excluding hydrogens is 206 g/mol. The Balaban J connectivity index is 2.38. The second-order valence-corrected chi connectivity index (χ2v) is 3.42. The minimum Gasteiger partial charge on any atom is -0.504 e. The summed E-state index contributed by atoms with van der Waals surface area (Å²) < 4.78 is 5.08. The molecule has 0 saturated heterocycles. The Hall–Kier alpha value is -2.23. The van der Waals surface area contributed by atoms with E-state index < -0.39 is 5.91 Å². The van der Waals surface area contributed by atoms with Crippen molar-refractivity contribution in [3.63, 3.8) is 0 Å². The summed E-state index contributed by atoms with van der Waals surface area (Å²) >= 11 is 0. The van der Waals surface area contributed by atoms with Crippen LogP contribution in [-0.2, 0) is 4.79 Å². The van der Waals surface area contributed by atoms with Crippen LogP contribution in [0.3, 0.4) is 0 Å². The minimum atomic E-state index is -0.576.